The Kier molecular flexibility index (Phi) is 3.84. The summed E-state index contributed by atoms with van der Waals surface area (Å²) in [5.41, 5.74) is 0. The highest BCUT2D eigenvalue weighted by Crippen LogP contribution is 2.28. The number of pyridine rings is 1. The molecule has 0 aromatic carbocycles. The Labute approximate surface area is 96.3 Å². The first-order valence-electron chi connectivity index (χ1n) is 5.65. The van der Waals surface area contributed by atoms with E-state index in [9.17, 15) is 0 Å². The maximum Gasteiger partial charge on any atom is 0.128 e. The molecule has 0 amide bonds. The first-order valence-corrected chi connectivity index (χ1v) is 6.19. The van der Waals surface area contributed by atoms with Crippen LogP contribution in [0.3, 0.4) is 0 Å². The van der Waals surface area contributed by atoms with Crippen molar-refractivity contribution in [2.24, 2.45) is 0 Å². The molecule has 0 saturated heterocycles. The summed E-state index contributed by atoms with van der Waals surface area (Å²) in [5.74, 6) is 1.84. The Morgan fingerprint density at radius 1 is 1.40 bits per heavy atom. The summed E-state index contributed by atoms with van der Waals surface area (Å²) in [7, 11) is 0. The van der Waals surface area contributed by atoms with Crippen LogP contribution < -0.4 is 4.90 Å². The third kappa shape index (κ3) is 2.63. The highest BCUT2D eigenvalue weighted by molar-refractivity contribution is 6.17. The summed E-state index contributed by atoms with van der Waals surface area (Å²) in [4.78, 5) is 6.83. The SMILES string of the molecule is ClCCCN(c1ccccn1)C1CCC1. The molecule has 2 nitrogen and oxygen atoms in total. The van der Waals surface area contributed by atoms with E-state index >= 15 is 0 Å². The smallest absolute Gasteiger partial charge is 0.128 e. The molecular formula is C12H17ClN2. The van der Waals surface area contributed by atoms with Crippen molar-refractivity contribution in [2.75, 3.05) is 17.3 Å². The second kappa shape index (κ2) is 5.36. The van der Waals surface area contributed by atoms with Crippen molar-refractivity contribution >= 4 is 17.4 Å². The Hall–Kier alpha value is -0.760. The Morgan fingerprint density at radius 3 is 2.80 bits per heavy atom. The predicted molar refractivity (Wildman–Crippen MR) is 64.6 cm³/mol. The van der Waals surface area contributed by atoms with Gasteiger partial charge in [0.1, 0.15) is 5.82 Å². The lowest BCUT2D eigenvalue weighted by Gasteiger charge is -2.38. The molecule has 3 heteroatoms. The third-order valence-corrected chi connectivity index (χ3v) is 3.26. The second-order valence-corrected chi connectivity index (χ2v) is 4.39. The molecule has 0 radical (unpaired) electrons. The van der Waals surface area contributed by atoms with Crippen molar-refractivity contribution < 1.29 is 0 Å². The van der Waals surface area contributed by atoms with Crippen LogP contribution in [-0.2, 0) is 0 Å². The van der Waals surface area contributed by atoms with E-state index in [1.54, 1.807) is 0 Å². The molecule has 1 aliphatic rings. The zero-order valence-corrected chi connectivity index (χ0v) is 9.66. The minimum atomic E-state index is 0.697. The molecule has 0 unspecified atom stereocenters. The largest absolute Gasteiger partial charge is 0.354 e. The van der Waals surface area contributed by atoms with Crippen LogP contribution >= 0.6 is 11.6 Å². The minimum Gasteiger partial charge on any atom is -0.354 e. The van der Waals surface area contributed by atoms with Gasteiger partial charge in [-0.05, 0) is 37.8 Å². The summed E-state index contributed by atoms with van der Waals surface area (Å²) < 4.78 is 0. The first kappa shape index (κ1) is 10.7. The number of nitrogens with zero attached hydrogens (tertiary/aromatic N) is 2. The van der Waals surface area contributed by atoms with Gasteiger partial charge in [0.2, 0.25) is 0 Å². The number of rotatable bonds is 5. The number of alkyl halides is 1. The number of halogens is 1. The average Bonchev–Trinajstić information content (AvgIpc) is 2.22. The normalized spacial score (nSPS) is 16.1. The van der Waals surface area contributed by atoms with Gasteiger partial charge in [0.15, 0.2) is 0 Å². The molecule has 0 atom stereocenters. The van der Waals surface area contributed by atoms with Gasteiger partial charge >= 0.3 is 0 Å². The first-order chi connectivity index (χ1) is 7.42. The fourth-order valence-electron chi connectivity index (χ4n) is 1.94. The van der Waals surface area contributed by atoms with E-state index in [-0.39, 0.29) is 0 Å². The summed E-state index contributed by atoms with van der Waals surface area (Å²) in [6, 6.07) is 6.80. The van der Waals surface area contributed by atoms with Gasteiger partial charge in [0, 0.05) is 24.7 Å². The molecule has 15 heavy (non-hydrogen) atoms. The molecule has 1 heterocycles. The molecule has 1 aromatic rings. The van der Waals surface area contributed by atoms with Gasteiger partial charge in [0.05, 0.1) is 0 Å². The molecule has 0 bridgehead atoms. The standard InChI is InChI=1S/C12H17ClN2/c13-8-4-10-15(11-5-3-6-11)12-7-1-2-9-14-12/h1-2,7,9,11H,3-6,8,10H2. The summed E-state index contributed by atoms with van der Waals surface area (Å²) in [6.07, 6.45) is 6.86. The van der Waals surface area contributed by atoms with E-state index in [0.717, 1.165) is 24.7 Å². The predicted octanol–water partition coefficient (Wildman–Crippen LogP) is 3.07. The van der Waals surface area contributed by atoms with Crippen LogP contribution in [0.25, 0.3) is 0 Å². The number of aromatic nitrogens is 1. The van der Waals surface area contributed by atoms with E-state index in [2.05, 4.69) is 22.0 Å². The van der Waals surface area contributed by atoms with Gasteiger partial charge in [-0.2, -0.15) is 0 Å². The molecular weight excluding hydrogens is 208 g/mol. The van der Waals surface area contributed by atoms with Crippen molar-refractivity contribution in [2.45, 2.75) is 31.7 Å². The number of hydrogen-bond acceptors (Lipinski definition) is 2. The van der Waals surface area contributed by atoms with Crippen molar-refractivity contribution in [1.29, 1.82) is 0 Å². The van der Waals surface area contributed by atoms with Crippen LogP contribution in [0.1, 0.15) is 25.7 Å². The molecule has 0 N–H and O–H groups in total. The molecule has 82 valence electrons. The van der Waals surface area contributed by atoms with E-state index in [4.69, 9.17) is 11.6 Å². The number of anilines is 1. The van der Waals surface area contributed by atoms with Crippen molar-refractivity contribution in [3.8, 4) is 0 Å². The molecule has 0 aliphatic heterocycles. The average molecular weight is 225 g/mol. The van der Waals surface area contributed by atoms with Gasteiger partial charge in [-0.25, -0.2) is 4.98 Å². The maximum absolute atomic E-state index is 5.75. The van der Waals surface area contributed by atoms with Crippen LogP contribution in [0.15, 0.2) is 24.4 Å². The fourth-order valence-corrected chi connectivity index (χ4v) is 2.06. The third-order valence-electron chi connectivity index (χ3n) is 2.99. The Balaban J connectivity index is 2.04. The maximum atomic E-state index is 5.75. The molecule has 1 fully saturated rings. The summed E-state index contributed by atoms with van der Waals surface area (Å²) >= 11 is 5.75. The van der Waals surface area contributed by atoms with E-state index < -0.39 is 0 Å². The van der Waals surface area contributed by atoms with E-state index in [0.29, 0.717) is 6.04 Å². The minimum absolute atomic E-state index is 0.697. The van der Waals surface area contributed by atoms with Crippen LogP contribution in [0, 0.1) is 0 Å². The zero-order valence-electron chi connectivity index (χ0n) is 8.90. The fraction of sp³-hybridized carbons (Fsp3) is 0.583. The zero-order chi connectivity index (χ0) is 10.5. The van der Waals surface area contributed by atoms with E-state index in [1.807, 2.05) is 12.3 Å². The summed E-state index contributed by atoms with van der Waals surface area (Å²) in [6.45, 7) is 1.03. The van der Waals surface area contributed by atoms with Gasteiger partial charge in [0.25, 0.3) is 0 Å². The quantitative estimate of drug-likeness (QED) is 0.715. The highest BCUT2D eigenvalue weighted by Gasteiger charge is 2.25. The molecule has 2 rings (SSSR count). The Morgan fingerprint density at radius 2 is 2.27 bits per heavy atom. The lowest BCUT2D eigenvalue weighted by atomic mass is 9.91. The van der Waals surface area contributed by atoms with Crippen molar-refractivity contribution in [3.05, 3.63) is 24.4 Å². The molecule has 1 aliphatic carbocycles. The molecule has 1 saturated carbocycles. The van der Waals surface area contributed by atoms with Crippen LogP contribution in [0.2, 0.25) is 0 Å². The lowest BCUT2D eigenvalue weighted by molar-refractivity contribution is 0.384. The van der Waals surface area contributed by atoms with Gasteiger partial charge in [-0.15, -0.1) is 11.6 Å². The van der Waals surface area contributed by atoms with E-state index in [1.165, 1.54) is 19.3 Å². The van der Waals surface area contributed by atoms with Crippen LogP contribution in [0.5, 0.6) is 0 Å². The molecule has 0 spiro atoms. The van der Waals surface area contributed by atoms with Gasteiger partial charge in [-0.3, -0.25) is 0 Å². The van der Waals surface area contributed by atoms with Crippen LogP contribution in [-0.4, -0.2) is 23.5 Å². The van der Waals surface area contributed by atoms with Crippen molar-refractivity contribution in [3.63, 3.8) is 0 Å². The van der Waals surface area contributed by atoms with Crippen LogP contribution in [0.4, 0.5) is 5.82 Å². The second-order valence-electron chi connectivity index (χ2n) is 4.01. The van der Waals surface area contributed by atoms with Gasteiger partial charge in [-0.1, -0.05) is 6.07 Å². The highest BCUT2D eigenvalue weighted by atomic mass is 35.5. The number of hydrogen-bond donors (Lipinski definition) is 0. The Bertz CT molecular complexity index is 285. The molecule has 1 aromatic heterocycles. The van der Waals surface area contributed by atoms with Gasteiger partial charge < -0.3 is 4.90 Å². The topological polar surface area (TPSA) is 16.1 Å². The monoisotopic (exact) mass is 224 g/mol. The summed E-state index contributed by atoms with van der Waals surface area (Å²) in [5, 5.41) is 0. The lowest BCUT2D eigenvalue weighted by Crippen LogP contribution is -2.41. The van der Waals surface area contributed by atoms with Crippen molar-refractivity contribution in [1.82, 2.24) is 4.98 Å².